The first kappa shape index (κ1) is 17.4. The number of nitrogens with zero attached hydrogens (tertiary/aromatic N) is 1. The zero-order valence-electron chi connectivity index (χ0n) is 14.6. The van der Waals surface area contributed by atoms with Crippen molar-refractivity contribution in [1.82, 2.24) is 5.43 Å². The second kappa shape index (κ2) is 8.62. The number of hydrazone groups is 1. The Kier molecular flexibility index (Phi) is 5.78. The molecule has 3 aromatic carbocycles. The lowest BCUT2D eigenvalue weighted by Gasteiger charge is -2.10. The maximum atomic E-state index is 12.4. The van der Waals surface area contributed by atoms with Crippen LogP contribution >= 0.6 is 0 Å². The average molecular weight is 344 g/mol. The highest BCUT2D eigenvalue weighted by molar-refractivity contribution is 5.97. The number of carbonyl (C=O) groups is 1. The summed E-state index contributed by atoms with van der Waals surface area (Å²) in [4.78, 5) is 12.4. The molecule has 0 heterocycles. The predicted octanol–water partition coefficient (Wildman–Crippen LogP) is 4.34. The van der Waals surface area contributed by atoms with Crippen LogP contribution in [0.15, 0.2) is 84.0 Å². The molecular weight excluding hydrogens is 324 g/mol. The Morgan fingerprint density at radius 1 is 1.00 bits per heavy atom. The van der Waals surface area contributed by atoms with Crippen molar-refractivity contribution < 1.29 is 9.53 Å². The Bertz CT molecular complexity index is 905. The molecule has 0 aliphatic carbocycles. The van der Waals surface area contributed by atoms with Gasteiger partial charge in [-0.05, 0) is 30.2 Å². The molecule has 0 saturated heterocycles. The van der Waals surface area contributed by atoms with Gasteiger partial charge in [0, 0.05) is 0 Å². The van der Waals surface area contributed by atoms with Crippen LogP contribution in [-0.2, 0) is 6.61 Å². The van der Waals surface area contributed by atoms with E-state index in [1.165, 1.54) is 0 Å². The van der Waals surface area contributed by atoms with Gasteiger partial charge in [0.25, 0.3) is 5.91 Å². The first-order valence-corrected chi connectivity index (χ1v) is 8.38. The molecule has 4 nitrogen and oxygen atoms in total. The Balaban J connectivity index is 1.65. The summed E-state index contributed by atoms with van der Waals surface area (Å²) in [6.45, 7) is 2.41. The lowest BCUT2D eigenvalue weighted by molar-refractivity contribution is 0.0950. The van der Waals surface area contributed by atoms with Crippen molar-refractivity contribution in [3.05, 3.63) is 101 Å². The van der Waals surface area contributed by atoms with Crippen LogP contribution in [0.4, 0.5) is 0 Å². The highest BCUT2D eigenvalue weighted by Crippen LogP contribution is 2.19. The molecule has 0 radical (unpaired) electrons. The minimum atomic E-state index is -0.308. The summed E-state index contributed by atoms with van der Waals surface area (Å²) >= 11 is 0. The molecule has 0 aliphatic rings. The summed E-state index contributed by atoms with van der Waals surface area (Å²) in [5.41, 5.74) is 6.12. The first-order valence-electron chi connectivity index (χ1n) is 8.38. The number of para-hydroxylation sites is 1. The second-order valence-electron chi connectivity index (χ2n) is 5.88. The topological polar surface area (TPSA) is 50.7 Å². The monoisotopic (exact) mass is 344 g/mol. The van der Waals surface area contributed by atoms with Crippen molar-refractivity contribution in [2.24, 2.45) is 5.10 Å². The fourth-order valence-electron chi connectivity index (χ4n) is 2.49. The molecule has 130 valence electrons. The molecule has 26 heavy (non-hydrogen) atoms. The minimum Gasteiger partial charge on any atom is -0.488 e. The van der Waals surface area contributed by atoms with Crippen LogP contribution in [-0.4, -0.2) is 12.1 Å². The normalized spacial score (nSPS) is 10.7. The Labute approximate surface area is 153 Å². The number of rotatable bonds is 6. The van der Waals surface area contributed by atoms with Crippen LogP contribution in [0.3, 0.4) is 0 Å². The largest absolute Gasteiger partial charge is 0.488 e. The molecule has 0 unspecified atom stereocenters. The highest BCUT2D eigenvalue weighted by atomic mass is 16.5. The molecule has 0 fully saturated rings. The zero-order valence-corrected chi connectivity index (χ0v) is 14.6. The Morgan fingerprint density at radius 2 is 1.77 bits per heavy atom. The van der Waals surface area contributed by atoms with E-state index in [1.54, 1.807) is 24.4 Å². The van der Waals surface area contributed by atoms with Crippen LogP contribution in [0.25, 0.3) is 0 Å². The number of hydrogen-bond donors (Lipinski definition) is 1. The van der Waals surface area contributed by atoms with Crippen LogP contribution in [0.5, 0.6) is 5.75 Å². The number of aryl methyl sites for hydroxylation is 1. The van der Waals surface area contributed by atoms with Crippen molar-refractivity contribution in [3.63, 3.8) is 0 Å². The lowest BCUT2D eigenvalue weighted by atomic mass is 10.2. The molecule has 1 N–H and O–H groups in total. The molecule has 1 amide bonds. The van der Waals surface area contributed by atoms with E-state index < -0.39 is 0 Å². The third kappa shape index (κ3) is 4.80. The van der Waals surface area contributed by atoms with E-state index in [-0.39, 0.29) is 5.91 Å². The molecule has 0 bridgehead atoms. The maximum absolute atomic E-state index is 12.4. The molecule has 0 aromatic heterocycles. The molecule has 0 saturated carbocycles. The van der Waals surface area contributed by atoms with Gasteiger partial charge in [0.05, 0.1) is 11.8 Å². The Hall–Kier alpha value is -3.40. The van der Waals surface area contributed by atoms with Crippen LogP contribution in [0, 0.1) is 6.92 Å². The summed E-state index contributed by atoms with van der Waals surface area (Å²) in [6, 6.07) is 24.9. The van der Waals surface area contributed by atoms with E-state index in [4.69, 9.17) is 4.74 Å². The third-order valence-corrected chi connectivity index (χ3v) is 3.79. The number of hydrogen-bond acceptors (Lipinski definition) is 3. The molecule has 4 heteroatoms. The average Bonchev–Trinajstić information content (AvgIpc) is 2.67. The summed E-state index contributed by atoms with van der Waals surface area (Å²) in [6.07, 6.45) is 1.62. The van der Waals surface area contributed by atoms with Gasteiger partial charge in [0.15, 0.2) is 0 Å². The predicted molar refractivity (Wildman–Crippen MR) is 103 cm³/mol. The van der Waals surface area contributed by atoms with Crippen molar-refractivity contribution >= 4 is 12.1 Å². The van der Waals surface area contributed by atoms with Crippen LogP contribution in [0.1, 0.15) is 27.0 Å². The zero-order chi connectivity index (χ0) is 18.2. The highest BCUT2D eigenvalue weighted by Gasteiger charge is 2.11. The fourth-order valence-corrected chi connectivity index (χ4v) is 2.49. The van der Waals surface area contributed by atoms with Gasteiger partial charge in [-0.3, -0.25) is 4.79 Å². The maximum Gasteiger partial charge on any atom is 0.275 e. The summed E-state index contributed by atoms with van der Waals surface area (Å²) < 4.78 is 5.81. The van der Waals surface area contributed by atoms with Crippen molar-refractivity contribution in [2.45, 2.75) is 13.5 Å². The number of carbonyl (C=O) groups excluding carboxylic acids is 1. The summed E-state index contributed by atoms with van der Waals surface area (Å²) in [7, 11) is 0. The number of ether oxygens (including phenoxy) is 1. The van der Waals surface area contributed by atoms with E-state index >= 15 is 0 Å². The van der Waals surface area contributed by atoms with Gasteiger partial charge in [-0.25, -0.2) is 5.43 Å². The van der Waals surface area contributed by atoms with Gasteiger partial charge in [-0.1, -0.05) is 72.3 Å². The standard InChI is InChI=1S/C22H20N2O2/c1-17-8-7-11-19(14-17)15-23-24-22(25)20-12-5-6-13-21(20)26-16-18-9-3-2-4-10-18/h2-15H,16H2,1H3,(H,24,25)/b23-15-. The van der Waals surface area contributed by atoms with Crippen LogP contribution in [0.2, 0.25) is 0 Å². The molecule has 0 atom stereocenters. The van der Waals surface area contributed by atoms with E-state index in [0.29, 0.717) is 17.9 Å². The van der Waals surface area contributed by atoms with Gasteiger partial charge in [0.2, 0.25) is 0 Å². The molecule has 3 aromatic rings. The summed E-state index contributed by atoms with van der Waals surface area (Å²) in [5, 5.41) is 4.04. The Morgan fingerprint density at radius 3 is 2.58 bits per heavy atom. The molecule has 0 aliphatic heterocycles. The molecule has 3 rings (SSSR count). The van der Waals surface area contributed by atoms with E-state index in [1.807, 2.05) is 67.6 Å². The van der Waals surface area contributed by atoms with E-state index in [9.17, 15) is 4.79 Å². The van der Waals surface area contributed by atoms with Crippen LogP contribution < -0.4 is 10.2 Å². The van der Waals surface area contributed by atoms with E-state index in [2.05, 4.69) is 10.5 Å². The third-order valence-electron chi connectivity index (χ3n) is 3.79. The SMILES string of the molecule is Cc1cccc(/C=N\NC(=O)c2ccccc2OCc2ccccc2)c1. The van der Waals surface area contributed by atoms with Crippen molar-refractivity contribution in [3.8, 4) is 5.75 Å². The summed E-state index contributed by atoms with van der Waals surface area (Å²) in [5.74, 6) is 0.220. The first-order chi connectivity index (χ1) is 12.7. The second-order valence-corrected chi connectivity index (χ2v) is 5.88. The van der Waals surface area contributed by atoms with Crippen molar-refractivity contribution in [2.75, 3.05) is 0 Å². The van der Waals surface area contributed by atoms with Gasteiger partial charge in [0.1, 0.15) is 12.4 Å². The molecule has 0 spiro atoms. The quantitative estimate of drug-likeness (QED) is 0.534. The molecular formula is C22H20N2O2. The van der Waals surface area contributed by atoms with Crippen molar-refractivity contribution in [1.29, 1.82) is 0 Å². The minimum absolute atomic E-state index is 0.308. The van der Waals surface area contributed by atoms with Gasteiger partial charge in [-0.2, -0.15) is 5.10 Å². The van der Waals surface area contributed by atoms with Gasteiger partial charge >= 0.3 is 0 Å². The fraction of sp³-hybridized carbons (Fsp3) is 0.0909. The number of nitrogens with one attached hydrogen (secondary N) is 1. The smallest absolute Gasteiger partial charge is 0.275 e. The van der Waals surface area contributed by atoms with E-state index in [0.717, 1.165) is 16.7 Å². The number of benzene rings is 3. The van der Waals surface area contributed by atoms with Gasteiger partial charge < -0.3 is 4.74 Å². The van der Waals surface area contributed by atoms with Gasteiger partial charge in [-0.15, -0.1) is 0 Å². The lowest BCUT2D eigenvalue weighted by Crippen LogP contribution is -2.18. The number of amides is 1.